The Morgan fingerprint density at radius 2 is 1.69 bits per heavy atom. The summed E-state index contributed by atoms with van der Waals surface area (Å²) in [4.78, 5) is 70.0. The lowest BCUT2D eigenvalue weighted by Crippen LogP contribution is -2.78. The number of esters is 2. The van der Waals surface area contributed by atoms with E-state index in [-0.39, 0.29) is 48.6 Å². The predicted octanol–water partition coefficient (Wildman–Crippen LogP) is 6.86. The van der Waals surface area contributed by atoms with Gasteiger partial charge in [-0.05, 0) is 100 Å². The lowest BCUT2D eigenvalue weighted by atomic mass is 9.44. The molecule has 6 bridgehead atoms. The first-order valence-corrected chi connectivity index (χ1v) is 23.1. The molecule has 1 aromatic carbocycles. The smallest absolute Gasteiger partial charge is 0.333 e. The Labute approximate surface area is 380 Å². The molecule has 3 saturated carbocycles. The van der Waals surface area contributed by atoms with E-state index in [1.54, 1.807) is 28.9 Å². The number of aromatic nitrogens is 3. The Bertz CT molecular complexity index is 2520. The molecule has 8 aliphatic rings. The van der Waals surface area contributed by atoms with Gasteiger partial charge in [0.05, 0.1) is 47.9 Å². The Balaban J connectivity index is 1.27. The van der Waals surface area contributed by atoms with Crippen LogP contribution < -0.4 is 14.2 Å². The molecule has 7 unspecified atom stereocenters. The largest absolute Gasteiger partial charge is 0.482 e. The first kappa shape index (κ1) is 44.8. The molecule has 2 aromatic rings. The molecule has 15 nitrogen and oxygen atoms in total. The average molecular weight is 891 g/mol. The van der Waals surface area contributed by atoms with Crippen molar-refractivity contribution >= 4 is 41.4 Å². The van der Waals surface area contributed by atoms with Crippen molar-refractivity contribution < 1.29 is 42.9 Å². The molecular weight excluding hydrogens is 829 g/mol. The summed E-state index contributed by atoms with van der Waals surface area (Å²) in [6.07, 6.45) is 13.8. The fourth-order valence-corrected chi connectivity index (χ4v) is 11.7. The number of hydrogen-bond donors (Lipinski definition) is 0. The van der Waals surface area contributed by atoms with Gasteiger partial charge < -0.3 is 33.5 Å². The number of rotatable bonds is 12. The van der Waals surface area contributed by atoms with Gasteiger partial charge in [-0.1, -0.05) is 29.4 Å². The first-order chi connectivity index (χ1) is 30.8. The van der Waals surface area contributed by atoms with E-state index in [0.717, 1.165) is 25.1 Å². The highest BCUT2D eigenvalue weighted by Gasteiger charge is 2.85. The average Bonchev–Trinajstić information content (AvgIpc) is 3.71. The molecule has 1 spiro atoms. The number of benzene rings is 1. The molecule has 5 fully saturated rings. The molecule has 3 aliphatic carbocycles. The van der Waals surface area contributed by atoms with E-state index < -0.39 is 52.2 Å². The van der Waals surface area contributed by atoms with Gasteiger partial charge in [-0.15, -0.1) is 5.10 Å². The minimum Gasteiger partial charge on any atom is -0.482 e. The summed E-state index contributed by atoms with van der Waals surface area (Å²) in [5, 5.41) is 4.82. The molecule has 1 aromatic heterocycles. The number of ether oxygens (including phenoxy) is 5. The summed E-state index contributed by atoms with van der Waals surface area (Å²) in [6, 6.07) is -0.571. The second-order valence-corrected chi connectivity index (χ2v) is 20.2. The zero-order valence-electron chi connectivity index (χ0n) is 39.4. The van der Waals surface area contributed by atoms with Gasteiger partial charge in [0.1, 0.15) is 23.4 Å². The monoisotopic (exact) mass is 890 g/mol. The van der Waals surface area contributed by atoms with Crippen LogP contribution in [0.1, 0.15) is 117 Å². The fraction of sp³-hybridized carbons (Fsp3) is 0.580. The van der Waals surface area contributed by atoms with Crippen molar-refractivity contribution in [2.45, 2.75) is 129 Å². The van der Waals surface area contributed by atoms with Gasteiger partial charge in [-0.3, -0.25) is 14.4 Å². The van der Waals surface area contributed by atoms with Crippen LogP contribution in [-0.2, 0) is 35.1 Å². The summed E-state index contributed by atoms with van der Waals surface area (Å²) < 4.78 is 35.6. The van der Waals surface area contributed by atoms with E-state index in [1.807, 2.05) is 53.8 Å². The number of nitrogens with zero attached hydrogens (tertiary/aromatic N) is 6. The molecule has 7 atom stereocenters. The van der Waals surface area contributed by atoms with Gasteiger partial charge in [0, 0.05) is 62.0 Å². The van der Waals surface area contributed by atoms with Crippen LogP contribution >= 0.6 is 0 Å². The second-order valence-electron chi connectivity index (χ2n) is 20.2. The van der Waals surface area contributed by atoms with Crippen molar-refractivity contribution in [2.24, 2.45) is 22.7 Å². The molecule has 2 saturated heterocycles. The van der Waals surface area contributed by atoms with Gasteiger partial charge in [0.25, 0.3) is 5.95 Å². The van der Waals surface area contributed by atoms with E-state index in [0.29, 0.717) is 71.8 Å². The van der Waals surface area contributed by atoms with Gasteiger partial charge in [-0.2, -0.15) is 4.98 Å². The van der Waals surface area contributed by atoms with E-state index >= 15 is 4.79 Å². The zero-order valence-corrected chi connectivity index (χ0v) is 39.4. The number of fused-ring (bicyclic) bond motifs is 5. The standard InChI is InChI=1S/C50H62N6O9/c1-28(2)12-11-19-48(8)20-18-32-41(63-48)31(14-13-29(3)4)43-37(42(32)62-36(58)16-15-35(57)55-24-22-54(9)23-25-55)39-38-40(56-27-51-46(52-39)53-56)33-26-34-47(6,7)65-49(44(33)59,50(34,38)64-43)21-17-30(5)45(60)61-10/h12-13,17-18,20,27,33-34,38,40H,11,14-16,19,21-26H2,1-10H3. The SMILES string of the molecule is COC(=O)C(C)=CCC12OC(C)(C)C3CC(C1=O)C1C4C(=Nc5ncn1n5)c1c(OC(=O)CCC(=O)N5CCN(C)CC5)c5c(c(CC=C(C)C)c1OC432)OC(C)(CCC=C(C)C)C=C5. The first-order valence-electron chi connectivity index (χ1n) is 23.1. The molecular formula is C50H62N6O9. The van der Waals surface area contributed by atoms with Crippen molar-refractivity contribution in [3.05, 3.63) is 64.0 Å². The summed E-state index contributed by atoms with van der Waals surface area (Å²) in [6.45, 7) is 18.7. The molecule has 15 heteroatoms. The molecule has 65 heavy (non-hydrogen) atoms. The third-order valence-corrected chi connectivity index (χ3v) is 14.9. The summed E-state index contributed by atoms with van der Waals surface area (Å²) in [7, 11) is 3.36. The highest BCUT2D eigenvalue weighted by atomic mass is 16.6. The van der Waals surface area contributed by atoms with Crippen LogP contribution in [0.25, 0.3) is 6.08 Å². The molecule has 346 valence electrons. The third kappa shape index (κ3) is 7.19. The normalized spacial score (nSPS) is 29.9. The fourth-order valence-electron chi connectivity index (χ4n) is 11.7. The highest BCUT2D eigenvalue weighted by molar-refractivity contribution is 6.14. The number of methoxy groups -OCH3 is 1. The maximum atomic E-state index is 15.5. The number of allylic oxidation sites excluding steroid dienone is 4. The minimum atomic E-state index is -1.57. The topological polar surface area (TPSA) is 164 Å². The molecule has 5 aliphatic heterocycles. The molecule has 10 rings (SSSR count). The summed E-state index contributed by atoms with van der Waals surface area (Å²) >= 11 is 0. The highest BCUT2D eigenvalue weighted by Crippen LogP contribution is 2.73. The molecule has 0 N–H and O–H groups in total. The lowest BCUT2D eigenvalue weighted by molar-refractivity contribution is -0.206. The van der Waals surface area contributed by atoms with Crippen LogP contribution in [0.4, 0.5) is 5.95 Å². The van der Waals surface area contributed by atoms with Crippen LogP contribution in [-0.4, -0.2) is 117 Å². The van der Waals surface area contributed by atoms with Crippen LogP contribution in [0.3, 0.4) is 0 Å². The van der Waals surface area contributed by atoms with E-state index in [2.05, 4.69) is 35.9 Å². The Morgan fingerprint density at radius 3 is 2.40 bits per heavy atom. The van der Waals surface area contributed by atoms with E-state index in [9.17, 15) is 14.4 Å². The maximum absolute atomic E-state index is 15.5. The van der Waals surface area contributed by atoms with Crippen molar-refractivity contribution in [3.8, 4) is 17.2 Å². The number of aliphatic imine (C=N–C) groups is 1. The van der Waals surface area contributed by atoms with Crippen LogP contribution in [0.2, 0.25) is 0 Å². The molecule has 6 heterocycles. The van der Waals surface area contributed by atoms with Gasteiger partial charge in [-0.25, -0.2) is 14.5 Å². The number of hydrogen-bond acceptors (Lipinski definition) is 13. The van der Waals surface area contributed by atoms with E-state index in [1.165, 1.54) is 12.7 Å². The lowest BCUT2D eigenvalue weighted by Gasteiger charge is -2.63. The quantitative estimate of drug-likeness (QED) is 0.0944. The maximum Gasteiger partial charge on any atom is 0.333 e. The zero-order chi connectivity index (χ0) is 46.4. The number of likely N-dealkylation sites (N-methyl/N-ethyl adjacent to an activating group) is 1. The van der Waals surface area contributed by atoms with Crippen LogP contribution in [0.5, 0.6) is 17.2 Å². The summed E-state index contributed by atoms with van der Waals surface area (Å²) in [5.41, 5.74) is 0.284. The number of carbonyl (C=O) groups is 4. The van der Waals surface area contributed by atoms with E-state index in [4.69, 9.17) is 33.8 Å². The second kappa shape index (κ2) is 16.2. The number of carbonyl (C=O) groups excluding carboxylic acids is 4. The van der Waals surface area contributed by atoms with Crippen molar-refractivity contribution in [1.29, 1.82) is 0 Å². The third-order valence-electron chi connectivity index (χ3n) is 14.9. The van der Waals surface area contributed by atoms with Gasteiger partial charge in [0.15, 0.2) is 22.7 Å². The number of amides is 1. The number of piperazine rings is 1. The predicted molar refractivity (Wildman–Crippen MR) is 242 cm³/mol. The van der Waals surface area contributed by atoms with Crippen molar-refractivity contribution in [1.82, 2.24) is 24.6 Å². The summed E-state index contributed by atoms with van der Waals surface area (Å²) in [5.74, 6) is -1.61. The number of Topliss-reactive ketones (excluding diaryl/α,β-unsaturated/α-hetero) is 1. The van der Waals surface area contributed by atoms with Gasteiger partial charge in [0.2, 0.25) is 5.91 Å². The van der Waals surface area contributed by atoms with Crippen molar-refractivity contribution in [2.75, 3.05) is 40.3 Å². The molecule has 1 amide bonds. The Kier molecular flexibility index (Phi) is 11.1. The minimum absolute atomic E-state index is 0.00891. The number of ketones is 1. The van der Waals surface area contributed by atoms with Crippen LogP contribution in [0, 0.1) is 17.8 Å². The Morgan fingerprint density at radius 1 is 0.954 bits per heavy atom. The van der Waals surface area contributed by atoms with Crippen molar-refractivity contribution in [3.63, 3.8) is 0 Å². The Hall–Kier alpha value is -5.41. The van der Waals surface area contributed by atoms with Gasteiger partial charge >= 0.3 is 11.9 Å². The molecule has 0 radical (unpaired) electrons. The van der Waals surface area contributed by atoms with Crippen LogP contribution in [0.15, 0.2) is 52.3 Å².